The summed E-state index contributed by atoms with van der Waals surface area (Å²) in [6.07, 6.45) is 0.390. The molecule has 0 aliphatic heterocycles. The summed E-state index contributed by atoms with van der Waals surface area (Å²) in [6, 6.07) is 11.2. The van der Waals surface area contributed by atoms with Crippen LogP contribution < -0.4 is 16.1 Å². The Bertz CT molecular complexity index is 1060. The van der Waals surface area contributed by atoms with Crippen LogP contribution in [-0.4, -0.2) is 50.2 Å². The molecule has 11 heteroatoms. The molecule has 186 valence electrons. The number of carbonyl (C=O) groups is 3. The second-order valence-electron chi connectivity index (χ2n) is 8.40. The standard InChI is InChI=1S/C23H31N3O6S2/c1-15(2)12-17(18(22(28)26-30)14-34(31,32)20-10-7-11-33-20)21(27)25-19(23(29)24-3)13-16-8-5-4-6-9-16/h4-11,15,17-19,30H,12-14H2,1-3H3,(H,24,29)(H,25,27)(H,26,28)/t17-,18-,19+/m1/s1. The number of rotatable bonds is 12. The Balaban J connectivity index is 2.35. The number of thiophene rings is 1. The molecule has 1 aromatic heterocycles. The lowest BCUT2D eigenvalue weighted by Gasteiger charge is -2.28. The van der Waals surface area contributed by atoms with Crippen LogP contribution in [0.5, 0.6) is 0 Å². The van der Waals surface area contributed by atoms with Crippen LogP contribution in [-0.2, 0) is 30.6 Å². The van der Waals surface area contributed by atoms with Crippen LogP contribution in [0.3, 0.4) is 0 Å². The Hall–Kier alpha value is -2.76. The number of nitrogens with one attached hydrogen (secondary N) is 3. The molecule has 2 rings (SSSR count). The van der Waals surface area contributed by atoms with E-state index in [0.29, 0.717) is 0 Å². The lowest BCUT2D eigenvalue weighted by molar-refractivity contribution is -0.140. The third kappa shape index (κ3) is 7.64. The van der Waals surface area contributed by atoms with Crippen molar-refractivity contribution in [2.75, 3.05) is 12.8 Å². The molecule has 3 amide bonds. The Morgan fingerprint density at radius 2 is 1.65 bits per heavy atom. The molecule has 3 atom stereocenters. The second kappa shape index (κ2) is 12.6. The van der Waals surface area contributed by atoms with Gasteiger partial charge in [0.2, 0.25) is 17.7 Å². The lowest BCUT2D eigenvalue weighted by Crippen LogP contribution is -2.52. The van der Waals surface area contributed by atoms with Gasteiger partial charge in [0, 0.05) is 13.5 Å². The number of hydrogen-bond donors (Lipinski definition) is 4. The quantitative estimate of drug-likeness (QED) is 0.254. The third-order valence-corrected chi connectivity index (χ3v) is 8.62. The highest BCUT2D eigenvalue weighted by Crippen LogP contribution is 2.27. The van der Waals surface area contributed by atoms with Gasteiger partial charge in [-0.2, -0.15) is 0 Å². The largest absolute Gasteiger partial charge is 0.357 e. The maximum atomic E-state index is 13.4. The summed E-state index contributed by atoms with van der Waals surface area (Å²) in [6.45, 7) is 3.67. The Labute approximate surface area is 203 Å². The Kier molecular flexibility index (Phi) is 10.2. The molecule has 2 aromatic rings. The molecule has 0 unspecified atom stereocenters. The molecule has 1 heterocycles. The van der Waals surface area contributed by atoms with Crippen LogP contribution >= 0.6 is 11.3 Å². The zero-order valence-corrected chi connectivity index (χ0v) is 21.0. The number of hydrogen-bond acceptors (Lipinski definition) is 7. The van der Waals surface area contributed by atoms with Gasteiger partial charge in [0.15, 0.2) is 9.84 Å². The van der Waals surface area contributed by atoms with Crippen molar-refractivity contribution in [1.82, 2.24) is 16.1 Å². The van der Waals surface area contributed by atoms with Crippen LogP contribution in [0, 0.1) is 17.8 Å². The lowest BCUT2D eigenvalue weighted by atomic mass is 9.84. The van der Waals surface area contributed by atoms with Crippen molar-refractivity contribution in [3.05, 3.63) is 53.4 Å². The number of likely N-dealkylation sites (N-methyl/N-ethyl adjacent to an activating group) is 1. The van der Waals surface area contributed by atoms with Crippen molar-refractivity contribution in [2.24, 2.45) is 17.8 Å². The molecule has 0 aliphatic carbocycles. The second-order valence-corrected chi connectivity index (χ2v) is 11.6. The normalized spacial score (nSPS) is 14.1. The molecule has 4 N–H and O–H groups in total. The highest BCUT2D eigenvalue weighted by molar-refractivity contribution is 7.93. The molecule has 0 fully saturated rings. The topological polar surface area (TPSA) is 142 Å². The van der Waals surface area contributed by atoms with E-state index in [1.807, 2.05) is 44.2 Å². The van der Waals surface area contributed by atoms with Gasteiger partial charge in [-0.05, 0) is 29.3 Å². The molecule has 0 saturated carbocycles. The van der Waals surface area contributed by atoms with E-state index >= 15 is 0 Å². The fourth-order valence-corrected chi connectivity index (χ4v) is 6.40. The fourth-order valence-electron chi connectivity index (χ4n) is 3.69. The van der Waals surface area contributed by atoms with Gasteiger partial charge < -0.3 is 10.6 Å². The number of benzene rings is 1. The highest BCUT2D eigenvalue weighted by Gasteiger charge is 2.39. The first-order valence-electron chi connectivity index (χ1n) is 10.8. The van der Waals surface area contributed by atoms with Gasteiger partial charge in [-0.25, -0.2) is 13.9 Å². The van der Waals surface area contributed by atoms with E-state index in [2.05, 4.69) is 10.6 Å². The van der Waals surface area contributed by atoms with Crippen LogP contribution in [0.4, 0.5) is 0 Å². The van der Waals surface area contributed by atoms with Crippen molar-refractivity contribution in [2.45, 2.75) is 36.9 Å². The van der Waals surface area contributed by atoms with Crippen molar-refractivity contribution < 1.29 is 28.0 Å². The molecule has 0 radical (unpaired) electrons. The highest BCUT2D eigenvalue weighted by atomic mass is 32.2. The molecular formula is C23H31N3O6S2. The van der Waals surface area contributed by atoms with Gasteiger partial charge in [0.1, 0.15) is 10.3 Å². The van der Waals surface area contributed by atoms with Crippen LogP contribution in [0.15, 0.2) is 52.1 Å². The molecule has 0 aliphatic rings. The molecule has 9 nitrogen and oxygen atoms in total. The smallest absolute Gasteiger partial charge is 0.248 e. The number of amides is 3. The monoisotopic (exact) mass is 509 g/mol. The van der Waals surface area contributed by atoms with E-state index in [-0.39, 0.29) is 23.0 Å². The van der Waals surface area contributed by atoms with Crippen molar-refractivity contribution in [3.63, 3.8) is 0 Å². The fraction of sp³-hybridized carbons (Fsp3) is 0.435. The first-order valence-corrected chi connectivity index (χ1v) is 13.4. The van der Waals surface area contributed by atoms with Crippen molar-refractivity contribution >= 4 is 38.9 Å². The van der Waals surface area contributed by atoms with Gasteiger partial charge in [0.05, 0.1) is 17.6 Å². The molecule has 0 bridgehead atoms. The minimum atomic E-state index is -3.90. The number of carbonyl (C=O) groups excluding carboxylic acids is 3. The van der Waals surface area contributed by atoms with Crippen molar-refractivity contribution in [3.8, 4) is 0 Å². The van der Waals surface area contributed by atoms with Gasteiger partial charge in [0.25, 0.3) is 0 Å². The first kappa shape index (κ1) is 27.5. The number of hydroxylamine groups is 1. The summed E-state index contributed by atoms with van der Waals surface area (Å²) < 4.78 is 25.9. The molecule has 0 spiro atoms. The van der Waals surface area contributed by atoms with Gasteiger partial charge >= 0.3 is 0 Å². The van der Waals surface area contributed by atoms with E-state index in [1.165, 1.54) is 18.6 Å². The van der Waals surface area contributed by atoms with Crippen LogP contribution in [0.1, 0.15) is 25.8 Å². The summed E-state index contributed by atoms with van der Waals surface area (Å²) in [5, 5.41) is 16.1. The van der Waals surface area contributed by atoms with Gasteiger partial charge in [-0.1, -0.05) is 50.2 Å². The summed E-state index contributed by atoms with van der Waals surface area (Å²) in [4.78, 5) is 38.5. The first-order chi connectivity index (χ1) is 16.1. The predicted octanol–water partition coefficient (Wildman–Crippen LogP) is 1.78. The average Bonchev–Trinajstić information content (AvgIpc) is 3.36. The van der Waals surface area contributed by atoms with E-state index in [9.17, 15) is 28.0 Å². The van der Waals surface area contributed by atoms with Crippen LogP contribution in [0.25, 0.3) is 0 Å². The van der Waals surface area contributed by atoms with E-state index in [1.54, 1.807) is 11.4 Å². The summed E-state index contributed by atoms with van der Waals surface area (Å²) in [5.74, 6) is -5.20. The van der Waals surface area contributed by atoms with Gasteiger partial charge in [-0.3, -0.25) is 19.6 Å². The predicted molar refractivity (Wildman–Crippen MR) is 129 cm³/mol. The minimum Gasteiger partial charge on any atom is -0.357 e. The zero-order valence-electron chi connectivity index (χ0n) is 19.4. The summed E-state index contributed by atoms with van der Waals surface area (Å²) in [7, 11) is -2.44. The summed E-state index contributed by atoms with van der Waals surface area (Å²) in [5.41, 5.74) is 2.33. The molecular weight excluding hydrogens is 478 g/mol. The Morgan fingerprint density at radius 1 is 0.971 bits per heavy atom. The minimum absolute atomic E-state index is 0.0678. The van der Waals surface area contributed by atoms with Crippen LogP contribution in [0.2, 0.25) is 0 Å². The van der Waals surface area contributed by atoms with E-state index in [0.717, 1.165) is 16.9 Å². The molecule has 34 heavy (non-hydrogen) atoms. The maximum Gasteiger partial charge on any atom is 0.248 e. The SMILES string of the molecule is CNC(=O)[C@H](Cc1ccccc1)NC(=O)[C@H](CC(C)C)[C@@H](CS(=O)(=O)c1cccs1)C(=O)NO. The Morgan fingerprint density at radius 3 is 2.18 bits per heavy atom. The van der Waals surface area contributed by atoms with Crippen molar-refractivity contribution in [1.29, 1.82) is 0 Å². The van der Waals surface area contributed by atoms with E-state index in [4.69, 9.17) is 0 Å². The summed E-state index contributed by atoms with van der Waals surface area (Å²) >= 11 is 1.01. The maximum absolute atomic E-state index is 13.4. The van der Waals surface area contributed by atoms with E-state index < -0.39 is 51.2 Å². The van der Waals surface area contributed by atoms with Gasteiger partial charge in [-0.15, -0.1) is 11.3 Å². The average molecular weight is 510 g/mol. The molecule has 1 aromatic carbocycles. The number of sulfone groups is 1. The molecule has 0 saturated heterocycles. The third-order valence-electron chi connectivity index (χ3n) is 5.36. The zero-order chi connectivity index (χ0) is 25.3.